The molecule has 0 saturated carbocycles. The Kier molecular flexibility index (Phi) is 5.19. The van der Waals surface area contributed by atoms with Gasteiger partial charge in [0.05, 0.1) is 11.3 Å². The van der Waals surface area contributed by atoms with E-state index in [0.717, 1.165) is 0 Å². The van der Waals surface area contributed by atoms with Crippen LogP contribution in [0.4, 0.5) is 5.69 Å². The number of nitro benzene ring substituents is 1. The average molecular weight is 280 g/mol. The molecule has 7 heteroatoms. The highest BCUT2D eigenvalue weighted by Crippen LogP contribution is 2.16. The zero-order valence-corrected chi connectivity index (χ0v) is 11.3. The largest absolute Gasteiger partial charge is 0.481 e. The summed E-state index contributed by atoms with van der Waals surface area (Å²) in [4.78, 5) is 34.4. The Bertz CT molecular complexity index is 527. The van der Waals surface area contributed by atoms with E-state index in [0.29, 0.717) is 0 Å². The second-order valence-electron chi connectivity index (χ2n) is 4.54. The number of carbonyl (C=O) groups excluding carboxylic acids is 1. The quantitative estimate of drug-likeness (QED) is 0.633. The predicted molar refractivity (Wildman–Crippen MR) is 71.5 cm³/mol. The van der Waals surface area contributed by atoms with Crippen LogP contribution in [0.1, 0.15) is 30.6 Å². The van der Waals surface area contributed by atoms with E-state index in [1.54, 1.807) is 13.8 Å². The Labute approximate surface area is 116 Å². The molecule has 108 valence electrons. The second-order valence-corrected chi connectivity index (χ2v) is 4.54. The smallest absolute Gasteiger partial charge is 0.305 e. The number of hydrogen-bond donors (Lipinski definition) is 1. The first-order chi connectivity index (χ1) is 9.32. The number of rotatable bonds is 6. The van der Waals surface area contributed by atoms with Crippen molar-refractivity contribution >= 4 is 17.6 Å². The standard InChI is InChI=1S/C13H16N2O5/c1-9(2)14(7-6-12(16)17)13(18)10-4-3-5-11(8-10)15(19)20/h3-5,8-9H,6-7H2,1-2H3,(H,16,17). The maximum atomic E-state index is 12.3. The Balaban J connectivity index is 2.97. The van der Waals surface area contributed by atoms with Gasteiger partial charge in [-0.3, -0.25) is 19.7 Å². The summed E-state index contributed by atoms with van der Waals surface area (Å²) in [5.41, 5.74) is 0.0103. The van der Waals surface area contributed by atoms with Crippen molar-refractivity contribution in [2.75, 3.05) is 6.54 Å². The molecule has 1 rings (SSSR count). The van der Waals surface area contributed by atoms with Crippen LogP contribution in [0.3, 0.4) is 0 Å². The molecule has 1 aromatic rings. The van der Waals surface area contributed by atoms with Crippen molar-refractivity contribution in [3.8, 4) is 0 Å². The highest BCUT2D eigenvalue weighted by Gasteiger charge is 2.21. The zero-order chi connectivity index (χ0) is 15.3. The van der Waals surface area contributed by atoms with Gasteiger partial charge in [-0.1, -0.05) is 6.07 Å². The molecule has 0 fully saturated rings. The van der Waals surface area contributed by atoms with Crippen molar-refractivity contribution in [1.82, 2.24) is 4.90 Å². The maximum Gasteiger partial charge on any atom is 0.305 e. The van der Waals surface area contributed by atoms with Crippen LogP contribution in [0.25, 0.3) is 0 Å². The van der Waals surface area contributed by atoms with Crippen LogP contribution in [0.2, 0.25) is 0 Å². The van der Waals surface area contributed by atoms with Gasteiger partial charge in [0.1, 0.15) is 0 Å². The molecule has 1 amide bonds. The molecule has 0 radical (unpaired) electrons. The first-order valence-corrected chi connectivity index (χ1v) is 6.10. The third-order valence-electron chi connectivity index (χ3n) is 2.75. The third kappa shape index (κ3) is 4.04. The number of hydrogen-bond acceptors (Lipinski definition) is 4. The molecule has 0 aromatic heterocycles. The van der Waals surface area contributed by atoms with Crippen molar-refractivity contribution in [2.24, 2.45) is 0 Å². The number of amides is 1. The van der Waals surface area contributed by atoms with Crippen LogP contribution in [-0.4, -0.2) is 39.4 Å². The summed E-state index contributed by atoms with van der Waals surface area (Å²) in [6.45, 7) is 3.59. The summed E-state index contributed by atoms with van der Waals surface area (Å²) in [6, 6.07) is 5.21. The molecule has 0 aliphatic heterocycles. The van der Waals surface area contributed by atoms with Crippen molar-refractivity contribution in [3.05, 3.63) is 39.9 Å². The van der Waals surface area contributed by atoms with Crippen LogP contribution in [0, 0.1) is 10.1 Å². The summed E-state index contributed by atoms with van der Waals surface area (Å²) >= 11 is 0. The van der Waals surface area contributed by atoms with Gasteiger partial charge in [-0.05, 0) is 19.9 Å². The molecule has 0 spiro atoms. The SMILES string of the molecule is CC(C)N(CCC(=O)O)C(=O)c1cccc([N+](=O)[O-])c1. The van der Waals surface area contributed by atoms with Gasteiger partial charge >= 0.3 is 5.97 Å². The van der Waals surface area contributed by atoms with Gasteiger partial charge in [-0.2, -0.15) is 0 Å². The van der Waals surface area contributed by atoms with Crippen LogP contribution in [0.5, 0.6) is 0 Å². The summed E-state index contributed by atoms with van der Waals surface area (Å²) in [5, 5.41) is 19.4. The number of carboxylic acid groups (broad SMARTS) is 1. The minimum Gasteiger partial charge on any atom is -0.481 e. The third-order valence-corrected chi connectivity index (χ3v) is 2.75. The molecule has 0 heterocycles. The van der Waals surface area contributed by atoms with E-state index in [-0.39, 0.29) is 30.3 Å². The van der Waals surface area contributed by atoms with Gasteiger partial charge in [-0.15, -0.1) is 0 Å². The van der Waals surface area contributed by atoms with Gasteiger partial charge in [0.15, 0.2) is 0 Å². The van der Waals surface area contributed by atoms with Crippen molar-refractivity contribution < 1.29 is 19.6 Å². The summed E-state index contributed by atoms with van der Waals surface area (Å²) < 4.78 is 0. The van der Waals surface area contributed by atoms with Crippen LogP contribution in [0.15, 0.2) is 24.3 Å². The van der Waals surface area contributed by atoms with E-state index in [2.05, 4.69) is 0 Å². The molecule has 0 aliphatic carbocycles. The molecular formula is C13H16N2O5. The molecule has 1 aromatic carbocycles. The highest BCUT2D eigenvalue weighted by molar-refractivity contribution is 5.95. The number of aliphatic carboxylic acids is 1. The second kappa shape index (κ2) is 6.65. The molecule has 0 unspecified atom stereocenters. The van der Waals surface area contributed by atoms with E-state index in [1.807, 2.05) is 0 Å². The first kappa shape index (κ1) is 15.6. The number of benzene rings is 1. The molecule has 0 aliphatic rings. The minimum atomic E-state index is -0.998. The zero-order valence-electron chi connectivity index (χ0n) is 11.3. The van der Waals surface area contributed by atoms with Gasteiger partial charge in [0.25, 0.3) is 11.6 Å². The number of nitrogens with zero attached hydrogens (tertiary/aromatic N) is 2. The molecule has 0 atom stereocenters. The fourth-order valence-electron chi connectivity index (χ4n) is 1.73. The lowest BCUT2D eigenvalue weighted by molar-refractivity contribution is -0.384. The van der Waals surface area contributed by atoms with Crippen LogP contribution in [-0.2, 0) is 4.79 Å². The molecular weight excluding hydrogens is 264 g/mol. The highest BCUT2D eigenvalue weighted by atomic mass is 16.6. The Morgan fingerprint density at radius 3 is 2.55 bits per heavy atom. The monoisotopic (exact) mass is 280 g/mol. The molecule has 0 saturated heterocycles. The van der Waals surface area contributed by atoms with Gasteiger partial charge in [0.2, 0.25) is 0 Å². The summed E-state index contributed by atoms with van der Waals surface area (Å²) in [5.74, 6) is -1.41. The van der Waals surface area contributed by atoms with Crippen molar-refractivity contribution in [1.29, 1.82) is 0 Å². The Morgan fingerprint density at radius 1 is 1.40 bits per heavy atom. The summed E-state index contributed by atoms with van der Waals surface area (Å²) in [7, 11) is 0. The summed E-state index contributed by atoms with van der Waals surface area (Å²) in [6.07, 6.45) is -0.168. The fraction of sp³-hybridized carbons (Fsp3) is 0.385. The molecule has 7 nitrogen and oxygen atoms in total. The molecule has 20 heavy (non-hydrogen) atoms. The Hall–Kier alpha value is -2.44. The van der Waals surface area contributed by atoms with E-state index >= 15 is 0 Å². The fourth-order valence-corrected chi connectivity index (χ4v) is 1.73. The van der Waals surface area contributed by atoms with E-state index in [9.17, 15) is 19.7 Å². The average Bonchev–Trinajstić information content (AvgIpc) is 2.38. The van der Waals surface area contributed by atoms with Crippen molar-refractivity contribution in [3.63, 3.8) is 0 Å². The number of non-ortho nitro benzene ring substituents is 1. The number of carboxylic acids is 1. The lowest BCUT2D eigenvalue weighted by atomic mass is 10.1. The lowest BCUT2D eigenvalue weighted by Gasteiger charge is -2.26. The van der Waals surface area contributed by atoms with Crippen molar-refractivity contribution in [2.45, 2.75) is 26.3 Å². The van der Waals surface area contributed by atoms with Crippen LogP contribution >= 0.6 is 0 Å². The predicted octanol–water partition coefficient (Wildman–Crippen LogP) is 1.92. The first-order valence-electron chi connectivity index (χ1n) is 6.10. The van der Waals surface area contributed by atoms with E-state index in [1.165, 1.54) is 29.2 Å². The number of nitro groups is 1. The maximum absolute atomic E-state index is 12.3. The molecule has 0 bridgehead atoms. The van der Waals surface area contributed by atoms with E-state index in [4.69, 9.17) is 5.11 Å². The van der Waals surface area contributed by atoms with Gasteiger partial charge in [0, 0.05) is 30.3 Å². The normalized spacial score (nSPS) is 10.3. The van der Waals surface area contributed by atoms with Gasteiger partial charge in [-0.25, -0.2) is 0 Å². The van der Waals surface area contributed by atoms with E-state index < -0.39 is 16.8 Å². The van der Waals surface area contributed by atoms with Crippen LogP contribution < -0.4 is 0 Å². The number of carbonyl (C=O) groups is 2. The Morgan fingerprint density at radius 2 is 2.05 bits per heavy atom. The topological polar surface area (TPSA) is 101 Å². The van der Waals surface area contributed by atoms with Gasteiger partial charge < -0.3 is 10.0 Å². The lowest BCUT2D eigenvalue weighted by Crippen LogP contribution is -2.38. The minimum absolute atomic E-state index is 0.0640. The molecule has 1 N–H and O–H groups in total.